The maximum atomic E-state index is 13.2. The summed E-state index contributed by atoms with van der Waals surface area (Å²) in [5, 5.41) is 39.0. The van der Waals surface area contributed by atoms with Gasteiger partial charge in [0, 0.05) is 6.20 Å². The van der Waals surface area contributed by atoms with Crippen molar-refractivity contribution in [3.63, 3.8) is 0 Å². The Balaban J connectivity index is 2.19. The first-order valence-electron chi connectivity index (χ1n) is 5.22. The lowest BCUT2D eigenvalue weighted by molar-refractivity contribution is -0.0695. The summed E-state index contributed by atoms with van der Waals surface area (Å²) in [4.78, 5) is 12.2. The quantitative estimate of drug-likeness (QED) is 0.378. The molecule has 0 aliphatic carbocycles. The fourth-order valence-corrected chi connectivity index (χ4v) is 1.82. The third-order valence-electron chi connectivity index (χ3n) is 2.81. The van der Waals surface area contributed by atoms with Gasteiger partial charge in [-0.2, -0.15) is 0 Å². The fourth-order valence-electron chi connectivity index (χ4n) is 1.82. The topological polar surface area (TPSA) is 122 Å². The van der Waals surface area contributed by atoms with Gasteiger partial charge in [0.25, 0.3) is 0 Å². The monoisotopic (exact) mass is 264 g/mol. The van der Waals surface area contributed by atoms with E-state index in [2.05, 4.69) is 0 Å². The normalized spacial score (nSPS) is 40.7. The molecule has 0 aromatic rings. The van der Waals surface area contributed by atoms with Crippen molar-refractivity contribution in [3.05, 3.63) is 12.0 Å². The molecule has 0 bridgehead atoms. The Morgan fingerprint density at radius 2 is 2.06 bits per heavy atom. The molecule has 5 atom stereocenters. The summed E-state index contributed by atoms with van der Waals surface area (Å²) in [5.41, 5.74) is 0. The minimum atomic E-state index is -1.74. The average Bonchev–Trinajstić information content (AvgIpc) is 2.61. The molecule has 0 aromatic heterocycles. The van der Waals surface area contributed by atoms with Crippen molar-refractivity contribution in [2.75, 3.05) is 6.61 Å². The molecule has 0 radical (unpaired) electrons. The number of nitrogens with one attached hydrogen (secondary N) is 1. The predicted molar refractivity (Wildman–Crippen MR) is 53.3 cm³/mol. The van der Waals surface area contributed by atoms with Gasteiger partial charge in [-0.05, 0) is 0 Å². The van der Waals surface area contributed by atoms with Gasteiger partial charge in [-0.3, -0.25) is 4.90 Å². The van der Waals surface area contributed by atoms with Crippen LogP contribution in [0.1, 0.15) is 0 Å². The summed E-state index contributed by atoms with van der Waals surface area (Å²) < 4.78 is 18.2. The Kier molecular flexibility index (Phi) is 3.50. The van der Waals surface area contributed by atoms with Crippen LogP contribution in [0.25, 0.3) is 0 Å². The predicted octanol–water partition coefficient (Wildman–Crippen LogP) is -2.42. The number of carbonyl (C=O) groups is 1. The number of hydrogen-bond acceptors (Lipinski definition) is 6. The standard InChI is InChI=1S/C9H13FN2O6/c10-3-1-12(9(17)11-7(3)16)8-6(15)5(14)4(2-13)18-8/h1,4-8,13-16H,2H2,(H,11,17)/t4-,5-,6-,7-,8-/m1/s1. The average molecular weight is 264 g/mol. The number of urea groups is 1. The molecule has 2 heterocycles. The molecule has 0 aromatic carbocycles. The van der Waals surface area contributed by atoms with E-state index in [-0.39, 0.29) is 0 Å². The van der Waals surface area contributed by atoms with Gasteiger partial charge in [0.1, 0.15) is 18.3 Å². The van der Waals surface area contributed by atoms with Gasteiger partial charge >= 0.3 is 6.03 Å². The summed E-state index contributed by atoms with van der Waals surface area (Å²) in [6.07, 6.45) is -6.37. The van der Waals surface area contributed by atoms with Crippen molar-refractivity contribution in [2.45, 2.75) is 30.8 Å². The molecule has 1 fully saturated rings. The number of ether oxygens (including phenoxy) is 1. The Bertz CT molecular complexity index is 378. The number of aliphatic hydroxyl groups is 4. The summed E-state index contributed by atoms with van der Waals surface area (Å²) in [5.74, 6) is -1.03. The van der Waals surface area contributed by atoms with E-state index < -0.39 is 49.2 Å². The highest BCUT2D eigenvalue weighted by Gasteiger charge is 2.47. The van der Waals surface area contributed by atoms with Crippen molar-refractivity contribution in [3.8, 4) is 0 Å². The molecule has 9 heteroatoms. The third kappa shape index (κ3) is 2.06. The molecule has 0 spiro atoms. The molecule has 1 saturated heterocycles. The minimum Gasteiger partial charge on any atom is -0.394 e. The summed E-state index contributed by atoms with van der Waals surface area (Å²) in [7, 11) is 0. The van der Waals surface area contributed by atoms with Crippen LogP contribution >= 0.6 is 0 Å². The minimum absolute atomic E-state index is 0.557. The number of hydrogen-bond donors (Lipinski definition) is 5. The number of carbonyl (C=O) groups excluding carboxylic acids is 1. The molecule has 2 amide bonds. The van der Waals surface area contributed by atoms with Crippen molar-refractivity contribution >= 4 is 6.03 Å². The van der Waals surface area contributed by atoms with Gasteiger partial charge in [-0.1, -0.05) is 0 Å². The maximum absolute atomic E-state index is 13.2. The van der Waals surface area contributed by atoms with E-state index in [1.807, 2.05) is 5.32 Å². The third-order valence-corrected chi connectivity index (χ3v) is 2.81. The molecule has 8 nitrogen and oxygen atoms in total. The van der Waals surface area contributed by atoms with Crippen molar-refractivity contribution < 1.29 is 34.3 Å². The Hall–Kier alpha value is -1.26. The van der Waals surface area contributed by atoms with Gasteiger partial charge in [0.15, 0.2) is 18.3 Å². The van der Waals surface area contributed by atoms with Gasteiger partial charge < -0.3 is 30.5 Å². The van der Waals surface area contributed by atoms with E-state index in [0.717, 1.165) is 0 Å². The van der Waals surface area contributed by atoms with Crippen molar-refractivity contribution in [1.29, 1.82) is 0 Å². The van der Waals surface area contributed by atoms with Crippen LogP contribution in [0, 0.1) is 0 Å². The number of halogens is 1. The van der Waals surface area contributed by atoms with Crippen LogP contribution in [0.3, 0.4) is 0 Å². The van der Waals surface area contributed by atoms with E-state index in [1.54, 1.807) is 0 Å². The molecule has 2 rings (SSSR count). The van der Waals surface area contributed by atoms with Gasteiger partial charge in [-0.15, -0.1) is 0 Å². The van der Waals surface area contributed by atoms with E-state index in [0.29, 0.717) is 11.1 Å². The van der Waals surface area contributed by atoms with Crippen LogP contribution in [0.4, 0.5) is 9.18 Å². The molecule has 102 valence electrons. The molecule has 2 aliphatic heterocycles. The summed E-state index contributed by atoms with van der Waals surface area (Å²) >= 11 is 0. The van der Waals surface area contributed by atoms with Crippen molar-refractivity contribution in [1.82, 2.24) is 10.2 Å². The van der Waals surface area contributed by atoms with Crippen LogP contribution in [0.2, 0.25) is 0 Å². The first-order chi connectivity index (χ1) is 8.45. The Morgan fingerprint density at radius 1 is 1.39 bits per heavy atom. The number of aliphatic hydroxyl groups excluding tert-OH is 4. The molecular weight excluding hydrogens is 251 g/mol. The second-order valence-corrected chi connectivity index (χ2v) is 4.00. The van der Waals surface area contributed by atoms with E-state index in [4.69, 9.17) is 14.9 Å². The second kappa shape index (κ2) is 4.78. The Morgan fingerprint density at radius 3 is 2.61 bits per heavy atom. The first-order valence-corrected chi connectivity index (χ1v) is 5.22. The highest BCUT2D eigenvalue weighted by molar-refractivity contribution is 5.77. The van der Waals surface area contributed by atoms with Crippen LogP contribution in [-0.2, 0) is 4.74 Å². The Labute approximate surface area is 101 Å². The van der Waals surface area contributed by atoms with Crippen LogP contribution in [0.5, 0.6) is 0 Å². The smallest absolute Gasteiger partial charge is 0.326 e. The molecular formula is C9H13FN2O6. The van der Waals surface area contributed by atoms with Gasteiger partial charge in [0.2, 0.25) is 0 Å². The second-order valence-electron chi connectivity index (χ2n) is 4.00. The zero-order chi connectivity index (χ0) is 13.4. The van der Waals surface area contributed by atoms with Crippen LogP contribution < -0.4 is 5.32 Å². The largest absolute Gasteiger partial charge is 0.394 e. The molecule has 2 aliphatic rings. The summed E-state index contributed by atoms with van der Waals surface area (Å²) in [6, 6.07) is -0.890. The van der Waals surface area contributed by atoms with Crippen LogP contribution in [-0.4, -0.2) is 68.7 Å². The number of amides is 2. The first kappa shape index (κ1) is 13.2. The van der Waals surface area contributed by atoms with Crippen LogP contribution in [0.15, 0.2) is 12.0 Å². The lowest BCUT2D eigenvalue weighted by atomic mass is 10.1. The molecule has 5 N–H and O–H groups in total. The lowest BCUT2D eigenvalue weighted by Crippen LogP contribution is -2.54. The fraction of sp³-hybridized carbons (Fsp3) is 0.667. The lowest BCUT2D eigenvalue weighted by Gasteiger charge is -2.31. The van der Waals surface area contributed by atoms with Crippen molar-refractivity contribution in [2.24, 2.45) is 0 Å². The summed E-state index contributed by atoms with van der Waals surface area (Å²) in [6.45, 7) is -0.557. The van der Waals surface area contributed by atoms with E-state index in [9.17, 15) is 19.4 Å². The number of rotatable bonds is 2. The SMILES string of the molecule is O=C1N[C@H](O)C(F)=CN1[C@@H]1O[C@H](CO)[C@@H](O)[C@H]1O. The van der Waals surface area contributed by atoms with Gasteiger partial charge in [0.05, 0.1) is 6.61 Å². The van der Waals surface area contributed by atoms with Gasteiger partial charge in [-0.25, -0.2) is 9.18 Å². The number of nitrogens with zero attached hydrogens (tertiary/aromatic N) is 1. The highest BCUT2D eigenvalue weighted by Crippen LogP contribution is 2.26. The molecule has 18 heavy (non-hydrogen) atoms. The zero-order valence-electron chi connectivity index (χ0n) is 9.10. The van der Waals surface area contributed by atoms with E-state index >= 15 is 0 Å². The maximum Gasteiger partial charge on any atom is 0.326 e. The zero-order valence-corrected chi connectivity index (χ0v) is 9.10. The highest BCUT2D eigenvalue weighted by atomic mass is 19.1. The molecule has 0 saturated carbocycles. The van der Waals surface area contributed by atoms with E-state index in [1.165, 1.54) is 0 Å². The molecule has 0 unspecified atom stereocenters.